The summed E-state index contributed by atoms with van der Waals surface area (Å²) in [6.45, 7) is 0. The van der Waals surface area contributed by atoms with Gasteiger partial charge in [-0.15, -0.1) is 4.91 Å². The molecule has 4 heteroatoms. The SMILES string of the molecule is O=NC(/C=C/c1ccccc1)C(=O)O. The summed E-state index contributed by atoms with van der Waals surface area (Å²) in [5, 5.41) is 11.0. The van der Waals surface area contributed by atoms with Gasteiger partial charge in [-0.25, -0.2) is 4.79 Å². The fraction of sp³-hybridized carbons (Fsp3) is 0.100. The Morgan fingerprint density at radius 3 is 2.50 bits per heavy atom. The van der Waals surface area contributed by atoms with E-state index in [9.17, 15) is 9.70 Å². The van der Waals surface area contributed by atoms with Gasteiger partial charge in [0, 0.05) is 0 Å². The van der Waals surface area contributed by atoms with Crippen LogP contribution in [0.4, 0.5) is 0 Å². The first-order chi connectivity index (χ1) is 6.74. The lowest BCUT2D eigenvalue weighted by Gasteiger charge is -1.95. The molecule has 0 radical (unpaired) electrons. The quantitative estimate of drug-likeness (QED) is 0.739. The maximum atomic E-state index is 10.4. The van der Waals surface area contributed by atoms with E-state index < -0.39 is 12.0 Å². The van der Waals surface area contributed by atoms with Gasteiger partial charge in [-0.2, -0.15) is 0 Å². The Balaban J connectivity index is 2.72. The van der Waals surface area contributed by atoms with E-state index in [4.69, 9.17) is 5.11 Å². The Morgan fingerprint density at radius 1 is 1.36 bits per heavy atom. The smallest absolute Gasteiger partial charge is 0.336 e. The highest BCUT2D eigenvalue weighted by molar-refractivity contribution is 5.77. The third-order valence-electron chi connectivity index (χ3n) is 1.64. The van der Waals surface area contributed by atoms with Crippen LogP contribution in [0.25, 0.3) is 6.08 Å². The minimum atomic E-state index is -1.31. The number of benzene rings is 1. The molecule has 0 saturated carbocycles. The number of hydrogen-bond acceptors (Lipinski definition) is 3. The number of carboxylic acid groups (broad SMARTS) is 1. The summed E-state index contributed by atoms with van der Waals surface area (Å²) in [7, 11) is 0. The number of carbonyl (C=O) groups is 1. The molecule has 1 N–H and O–H groups in total. The Kier molecular flexibility index (Phi) is 3.55. The average molecular weight is 191 g/mol. The number of nitroso groups, excluding NO2 is 1. The highest BCUT2D eigenvalue weighted by Gasteiger charge is 2.12. The highest BCUT2D eigenvalue weighted by atomic mass is 16.4. The van der Waals surface area contributed by atoms with Crippen LogP contribution in [0, 0.1) is 4.91 Å². The minimum absolute atomic E-state index is 0.836. The van der Waals surface area contributed by atoms with Crippen LogP contribution in [-0.4, -0.2) is 17.1 Å². The molecule has 0 aliphatic rings. The molecule has 0 heterocycles. The molecular formula is C10H9NO3. The third kappa shape index (κ3) is 2.82. The van der Waals surface area contributed by atoms with E-state index in [1.165, 1.54) is 6.08 Å². The fourth-order valence-corrected chi connectivity index (χ4v) is 0.929. The molecule has 0 fully saturated rings. The predicted molar refractivity (Wildman–Crippen MR) is 52.7 cm³/mol. The van der Waals surface area contributed by atoms with Crippen molar-refractivity contribution in [2.45, 2.75) is 6.04 Å². The van der Waals surface area contributed by atoms with E-state index >= 15 is 0 Å². The Labute approximate surface area is 80.9 Å². The van der Waals surface area contributed by atoms with Crippen LogP contribution in [0.5, 0.6) is 0 Å². The van der Waals surface area contributed by atoms with Crippen LogP contribution in [0.15, 0.2) is 41.6 Å². The Bertz CT molecular complexity index is 346. The van der Waals surface area contributed by atoms with Crippen molar-refractivity contribution in [1.82, 2.24) is 0 Å². The van der Waals surface area contributed by atoms with E-state index in [1.54, 1.807) is 18.2 Å². The van der Waals surface area contributed by atoms with Crippen molar-refractivity contribution in [2.24, 2.45) is 5.18 Å². The molecule has 1 aromatic rings. The summed E-state index contributed by atoms with van der Waals surface area (Å²) in [6.07, 6.45) is 2.81. The number of hydrogen-bond donors (Lipinski definition) is 1. The second-order valence-corrected chi connectivity index (χ2v) is 2.66. The molecule has 0 saturated heterocycles. The second kappa shape index (κ2) is 4.91. The van der Waals surface area contributed by atoms with Crippen molar-refractivity contribution in [2.75, 3.05) is 0 Å². The van der Waals surface area contributed by atoms with Gasteiger partial charge >= 0.3 is 5.97 Å². The monoisotopic (exact) mass is 191 g/mol. The highest BCUT2D eigenvalue weighted by Crippen LogP contribution is 2.03. The molecule has 0 amide bonds. The van der Waals surface area contributed by atoms with Crippen LogP contribution < -0.4 is 0 Å². The van der Waals surface area contributed by atoms with Crippen LogP contribution in [0.1, 0.15) is 5.56 Å². The number of carboxylic acids is 1. The van der Waals surface area contributed by atoms with E-state index in [0.717, 1.165) is 5.56 Å². The van der Waals surface area contributed by atoms with E-state index in [1.807, 2.05) is 18.2 Å². The van der Waals surface area contributed by atoms with Crippen molar-refractivity contribution in [3.8, 4) is 0 Å². The Hall–Kier alpha value is -1.97. The standard InChI is InChI=1S/C10H9NO3/c12-10(13)9(11-14)7-6-8-4-2-1-3-5-8/h1-7,9H,(H,12,13)/b7-6+. The van der Waals surface area contributed by atoms with Crippen LogP contribution in [-0.2, 0) is 4.79 Å². The minimum Gasteiger partial charge on any atom is -0.479 e. The van der Waals surface area contributed by atoms with Crippen LogP contribution >= 0.6 is 0 Å². The van der Waals surface area contributed by atoms with Crippen molar-refractivity contribution >= 4 is 12.0 Å². The van der Waals surface area contributed by atoms with E-state index in [0.29, 0.717) is 0 Å². The Morgan fingerprint density at radius 2 is 2.00 bits per heavy atom. The van der Waals surface area contributed by atoms with Crippen LogP contribution in [0.3, 0.4) is 0 Å². The van der Waals surface area contributed by atoms with Gasteiger partial charge in [0.15, 0.2) is 0 Å². The summed E-state index contributed by atoms with van der Waals surface area (Å²) in [5.41, 5.74) is 0.836. The second-order valence-electron chi connectivity index (χ2n) is 2.66. The van der Waals surface area contributed by atoms with Gasteiger partial charge < -0.3 is 5.11 Å². The molecule has 0 aromatic heterocycles. The largest absolute Gasteiger partial charge is 0.479 e. The lowest BCUT2D eigenvalue weighted by atomic mass is 10.2. The van der Waals surface area contributed by atoms with Gasteiger partial charge in [0.25, 0.3) is 0 Å². The molecule has 72 valence electrons. The molecule has 1 atom stereocenters. The summed E-state index contributed by atoms with van der Waals surface area (Å²) in [5.74, 6) is -1.24. The van der Waals surface area contributed by atoms with Crippen LogP contribution in [0.2, 0.25) is 0 Å². The first-order valence-electron chi connectivity index (χ1n) is 4.02. The van der Waals surface area contributed by atoms with Gasteiger partial charge in [0.1, 0.15) is 0 Å². The zero-order valence-electron chi connectivity index (χ0n) is 7.33. The van der Waals surface area contributed by atoms with Gasteiger partial charge in [-0.1, -0.05) is 41.6 Å². The fourth-order valence-electron chi connectivity index (χ4n) is 0.929. The molecule has 4 nitrogen and oxygen atoms in total. The zero-order valence-corrected chi connectivity index (χ0v) is 7.33. The summed E-state index contributed by atoms with van der Waals surface area (Å²) < 4.78 is 0. The molecule has 0 aliphatic carbocycles. The maximum absolute atomic E-state index is 10.4. The van der Waals surface area contributed by atoms with Gasteiger partial charge in [-0.3, -0.25) is 0 Å². The molecule has 1 rings (SSSR count). The summed E-state index contributed by atoms with van der Waals surface area (Å²) in [4.78, 5) is 20.5. The third-order valence-corrected chi connectivity index (χ3v) is 1.64. The lowest BCUT2D eigenvalue weighted by molar-refractivity contribution is -0.137. The first kappa shape index (κ1) is 10.1. The zero-order chi connectivity index (χ0) is 10.4. The molecule has 0 aliphatic heterocycles. The molecule has 0 spiro atoms. The molecule has 1 aromatic carbocycles. The number of aliphatic carboxylic acids is 1. The topological polar surface area (TPSA) is 66.7 Å². The number of rotatable bonds is 4. The number of nitrogens with zero attached hydrogens (tertiary/aromatic N) is 1. The molecule has 0 bridgehead atoms. The lowest BCUT2D eigenvalue weighted by Crippen LogP contribution is -2.13. The van der Waals surface area contributed by atoms with Crippen molar-refractivity contribution < 1.29 is 9.90 Å². The summed E-state index contributed by atoms with van der Waals surface area (Å²) in [6, 6.07) is 7.80. The van der Waals surface area contributed by atoms with Gasteiger partial charge in [0.2, 0.25) is 6.04 Å². The molecular weight excluding hydrogens is 182 g/mol. The van der Waals surface area contributed by atoms with Gasteiger partial charge in [-0.05, 0) is 11.6 Å². The first-order valence-corrected chi connectivity index (χ1v) is 4.02. The molecule has 1 unspecified atom stereocenters. The molecule has 14 heavy (non-hydrogen) atoms. The van der Waals surface area contributed by atoms with E-state index in [2.05, 4.69) is 5.18 Å². The predicted octanol–water partition coefficient (Wildman–Crippen LogP) is 1.92. The van der Waals surface area contributed by atoms with Crippen molar-refractivity contribution in [3.63, 3.8) is 0 Å². The van der Waals surface area contributed by atoms with Gasteiger partial charge in [0.05, 0.1) is 0 Å². The van der Waals surface area contributed by atoms with E-state index in [-0.39, 0.29) is 0 Å². The normalized spacial score (nSPS) is 12.6. The maximum Gasteiger partial charge on any atom is 0.336 e. The van der Waals surface area contributed by atoms with Crippen molar-refractivity contribution in [1.29, 1.82) is 0 Å². The average Bonchev–Trinajstić information content (AvgIpc) is 2.20. The van der Waals surface area contributed by atoms with Crippen molar-refractivity contribution in [3.05, 3.63) is 46.9 Å². The summed E-state index contributed by atoms with van der Waals surface area (Å²) >= 11 is 0.